The molecule has 0 radical (unpaired) electrons. The number of hydrogen-bond acceptors (Lipinski definition) is 3. The zero-order chi connectivity index (χ0) is 9.84. The third-order valence-electron chi connectivity index (χ3n) is 1.30. The average Bonchev–Trinajstić information content (AvgIpc) is 2.09. The van der Waals surface area contributed by atoms with Gasteiger partial charge >= 0.3 is 5.97 Å². The lowest BCUT2D eigenvalue weighted by atomic mass is 10.3. The van der Waals surface area contributed by atoms with Gasteiger partial charge in [0.05, 0.1) is 12.2 Å². The van der Waals surface area contributed by atoms with Gasteiger partial charge in [-0.25, -0.2) is 9.78 Å². The molecule has 0 N–H and O–H groups in total. The molecule has 0 saturated carbocycles. The van der Waals surface area contributed by atoms with Gasteiger partial charge in [-0.1, -0.05) is 11.6 Å². The zero-order valence-corrected chi connectivity index (χ0v) is 9.79. The predicted molar refractivity (Wildman–Crippen MR) is 57.9 cm³/mol. The van der Waals surface area contributed by atoms with E-state index in [0.717, 1.165) is 3.57 Å². The Morgan fingerprint density at radius 1 is 1.77 bits per heavy atom. The fraction of sp³-hybridized carbons (Fsp3) is 0.250. The summed E-state index contributed by atoms with van der Waals surface area (Å²) < 4.78 is 5.65. The average molecular weight is 312 g/mol. The summed E-state index contributed by atoms with van der Waals surface area (Å²) in [5.74, 6) is -0.432. The summed E-state index contributed by atoms with van der Waals surface area (Å²) in [6, 6.07) is 1.65. The van der Waals surface area contributed by atoms with Gasteiger partial charge in [0.15, 0.2) is 0 Å². The van der Waals surface area contributed by atoms with Crippen molar-refractivity contribution in [2.24, 2.45) is 0 Å². The highest BCUT2D eigenvalue weighted by molar-refractivity contribution is 14.1. The molecule has 3 nitrogen and oxygen atoms in total. The number of esters is 1. The normalized spacial score (nSPS) is 9.77. The van der Waals surface area contributed by atoms with Gasteiger partial charge in [-0.2, -0.15) is 0 Å². The predicted octanol–water partition coefficient (Wildman–Crippen LogP) is 2.52. The van der Waals surface area contributed by atoms with E-state index in [1.54, 1.807) is 19.2 Å². The van der Waals surface area contributed by atoms with E-state index in [4.69, 9.17) is 16.3 Å². The van der Waals surface area contributed by atoms with E-state index in [9.17, 15) is 4.79 Å². The molecule has 0 aliphatic heterocycles. The van der Waals surface area contributed by atoms with Crippen LogP contribution in [-0.4, -0.2) is 17.6 Å². The fourth-order valence-corrected chi connectivity index (χ4v) is 1.41. The Kier molecular flexibility index (Phi) is 3.92. The van der Waals surface area contributed by atoms with Crippen LogP contribution in [0.5, 0.6) is 0 Å². The summed E-state index contributed by atoms with van der Waals surface area (Å²) in [5, 5.41) is 0.180. The molecule has 0 saturated heterocycles. The first-order valence-corrected chi connectivity index (χ1v) is 5.09. The van der Waals surface area contributed by atoms with Crippen LogP contribution in [0.1, 0.15) is 17.3 Å². The van der Waals surface area contributed by atoms with Crippen LogP contribution in [0.3, 0.4) is 0 Å². The van der Waals surface area contributed by atoms with Gasteiger partial charge in [0.2, 0.25) is 0 Å². The third-order valence-corrected chi connectivity index (χ3v) is 2.19. The molecular weight excluding hydrogens is 304 g/mol. The SMILES string of the molecule is CCOC(=O)c1cc(I)cnc1Cl. The van der Waals surface area contributed by atoms with Crippen molar-refractivity contribution in [2.45, 2.75) is 6.92 Å². The lowest BCUT2D eigenvalue weighted by Gasteiger charge is -2.02. The molecular formula is C8H7ClINO2. The topological polar surface area (TPSA) is 39.2 Å². The van der Waals surface area contributed by atoms with Gasteiger partial charge in [0.1, 0.15) is 5.15 Å². The number of carbonyl (C=O) groups excluding carboxylic acids is 1. The van der Waals surface area contributed by atoms with E-state index in [1.165, 1.54) is 0 Å². The third kappa shape index (κ3) is 2.80. The second-order valence-corrected chi connectivity index (χ2v) is 3.82. The number of halogens is 2. The molecule has 0 fully saturated rings. The smallest absolute Gasteiger partial charge is 0.341 e. The molecule has 1 rings (SSSR count). The Labute approximate surface area is 94.6 Å². The first-order valence-electron chi connectivity index (χ1n) is 3.63. The molecule has 5 heteroatoms. The Balaban J connectivity index is 2.99. The second-order valence-electron chi connectivity index (χ2n) is 2.21. The number of ether oxygens (including phenoxy) is 1. The molecule has 0 spiro atoms. The highest BCUT2D eigenvalue weighted by Crippen LogP contribution is 2.16. The molecule has 0 unspecified atom stereocenters. The van der Waals surface area contributed by atoms with Gasteiger partial charge in [-0.05, 0) is 35.6 Å². The largest absolute Gasteiger partial charge is 0.462 e. The van der Waals surface area contributed by atoms with Crippen molar-refractivity contribution in [3.05, 3.63) is 26.5 Å². The van der Waals surface area contributed by atoms with E-state index in [1.807, 2.05) is 0 Å². The molecule has 1 heterocycles. The minimum atomic E-state index is -0.432. The van der Waals surface area contributed by atoms with E-state index >= 15 is 0 Å². The van der Waals surface area contributed by atoms with Crippen molar-refractivity contribution in [3.8, 4) is 0 Å². The summed E-state index contributed by atoms with van der Waals surface area (Å²) in [6.07, 6.45) is 1.59. The molecule has 1 aromatic rings. The maximum absolute atomic E-state index is 11.3. The standard InChI is InChI=1S/C8H7ClINO2/c1-2-13-8(12)6-3-5(10)4-11-7(6)9/h3-4H,2H2,1H3. The van der Waals surface area contributed by atoms with Gasteiger partial charge in [-0.3, -0.25) is 0 Å². The molecule has 13 heavy (non-hydrogen) atoms. The van der Waals surface area contributed by atoms with Crippen molar-refractivity contribution in [1.29, 1.82) is 0 Å². The summed E-state index contributed by atoms with van der Waals surface area (Å²) >= 11 is 7.77. The first-order chi connectivity index (χ1) is 6.15. The van der Waals surface area contributed by atoms with Crippen molar-refractivity contribution in [3.63, 3.8) is 0 Å². The van der Waals surface area contributed by atoms with Crippen LogP contribution in [-0.2, 0) is 4.74 Å². The van der Waals surface area contributed by atoms with Crippen molar-refractivity contribution in [1.82, 2.24) is 4.98 Å². The van der Waals surface area contributed by atoms with Crippen LogP contribution in [0, 0.1) is 3.57 Å². The molecule has 0 bridgehead atoms. The minimum absolute atomic E-state index is 0.180. The van der Waals surface area contributed by atoms with Crippen molar-refractivity contribution in [2.75, 3.05) is 6.61 Å². The highest BCUT2D eigenvalue weighted by Gasteiger charge is 2.12. The van der Waals surface area contributed by atoms with Gasteiger partial charge in [-0.15, -0.1) is 0 Å². The lowest BCUT2D eigenvalue weighted by molar-refractivity contribution is 0.0526. The molecule has 0 atom stereocenters. The summed E-state index contributed by atoms with van der Waals surface area (Å²) in [4.78, 5) is 15.1. The number of rotatable bonds is 2. The first kappa shape index (κ1) is 10.7. The maximum atomic E-state index is 11.3. The van der Waals surface area contributed by atoms with E-state index in [2.05, 4.69) is 27.6 Å². The summed E-state index contributed by atoms with van der Waals surface area (Å²) in [7, 11) is 0. The van der Waals surface area contributed by atoms with Crippen LogP contribution in [0.4, 0.5) is 0 Å². The molecule has 1 aromatic heterocycles. The van der Waals surface area contributed by atoms with Crippen LogP contribution >= 0.6 is 34.2 Å². The number of aromatic nitrogens is 1. The van der Waals surface area contributed by atoms with Gasteiger partial charge in [0.25, 0.3) is 0 Å². The number of hydrogen-bond donors (Lipinski definition) is 0. The summed E-state index contributed by atoms with van der Waals surface area (Å²) in [5.41, 5.74) is 0.315. The Hall–Kier alpha value is -0.360. The van der Waals surface area contributed by atoms with Gasteiger partial charge < -0.3 is 4.74 Å². The van der Waals surface area contributed by atoms with E-state index < -0.39 is 5.97 Å². The second kappa shape index (κ2) is 4.76. The van der Waals surface area contributed by atoms with Gasteiger partial charge in [0, 0.05) is 9.77 Å². The van der Waals surface area contributed by atoms with Crippen LogP contribution in [0.25, 0.3) is 0 Å². The molecule has 70 valence electrons. The highest BCUT2D eigenvalue weighted by atomic mass is 127. The van der Waals surface area contributed by atoms with Crippen LogP contribution in [0.2, 0.25) is 5.15 Å². The van der Waals surface area contributed by atoms with Crippen molar-refractivity contribution < 1.29 is 9.53 Å². The van der Waals surface area contributed by atoms with E-state index in [0.29, 0.717) is 12.2 Å². The fourth-order valence-electron chi connectivity index (χ4n) is 0.775. The zero-order valence-electron chi connectivity index (χ0n) is 6.88. The molecule has 0 aromatic carbocycles. The number of nitrogens with zero attached hydrogens (tertiary/aromatic N) is 1. The van der Waals surface area contributed by atoms with Crippen LogP contribution < -0.4 is 0 Å². The van der Waals surface area contributed by atoms with Crippen molar-refractivity contribution >= 4 is 40.2 Å². The minimum Gasteiger partial charge on any atom is -0.462 e. The quantitative estimate of drug-likeness (QED) is 0.479. The molecule has 0 aliphatic rings. The number of pyridine rings is 1. The monoisotopic (exact) mass is 311 g/mol. The Morgan fingerprint density at radius 2 is 2.46 bits per heavy atom. The van der Waals surface area contributed by atoms with Crippen LogP contribution in [0.15, 0.2) is 12.3 Å². The summed E-state index contributed by atoms with van der Waals surface area (Å²) in [6.45, 7) is 2.08. The molecule has 0 aliphatic carbocycles. The maximum Gasteiger partial charge on any atom is 0.341 e. The number of carbonyl (C=O) groups is 1. The Morgan fingerprint density at radius 3 is 3.08 bits per heavy atom. The van der Waals surface area contributed by atoms with E-state index in [-0.39, 0.29) is 5.15 Å². The lowest BCUT2D eigenvalue weighted by Crippen LogP contribution is -2.06. The molecule has 0 amide bonds. The Bertz CT molecular complexity index is 330.